The summed E-state index contributed by atoms with van der Waals surface area (Å²) in [6.45, 7) is 1.94. The lowest BCUT2D eigenvalue weighted by Crippen LogP contribution is -2.31. The number of halogens is 1. The van der Waals surface area contributed by atoms with E-state index in [2.05, 4.69) is 4.98 Å². The van der Waals surface area contributed by atoms with Crippen LogP contribution in [0.25, 0.3) is 0 Å². The van der Waals surface area contributed by atoms with E-state index in [1.807, 2.05) is 43.3 Å². The molecule has 2 aromatic rings. The summed E-state index contributed by atoms with van der Waals surface area (Å²) in [5, 5.41) is 12.0. The highest BCUT2D eigenvalue weighted by Crippen LogP contribution is 2.50. The first-order chi connectivity index (χ1) is 9.12. The molecule has 3 rings (SSSR count). The summed E-state index contributed by atoms with van der Waals surface area (Å²) >= 11 is 5.94. The molecule has 1 unspecified atom stereocenters. The number of nitrogens with zero attached hydrogens (tertiary/aromatic N) is 1. The number of hydrogen-bond acceptors (Lipinski definition) is 2. The molecule has 1 fully saturated rings. The van der Waals surface area contributed by atoms with E-state index in [-0.39, 0.29) is 5.92 Å². The van der Waals surface area contributed by atoms with Gasteiger partial charge in [0.1, 0.15) is 5.60 Å². The number of hydrogen-bond donors (Lipinski definition) is 1. The maximum Gasteiger partial charge on any atom is 0.119 e. The molecule has 1 saturated carbocycles. The van der Waals surface area contributed by atoms with Gasteiger partial charge in [0, 0.05) is 22.5 Å². The Morgan fingerprint density at radius 1 is 1.21 bits per heavy atom. The van der Waals surface area contributed by atoms with Crippen molar-refractivity contribution in [1.82, 2.24) is 4.98 Å². The van der Waals surface area contributed by atoms with E-state index in [1.54, 1.807) is 6.20 Å². The van der Waals surface area contributed by atoms with Crippen molar-refractivity contribution in [2.24, 2.45) is 5.92 Å². The fraction of sp³-hybridized carbons (Fsp3) is 0.312. The smallest absolute Gasteiger partial charge is 0.119 e. The van der Waals surface area contributed by atoms with Crippen LogP contribution in [0, 0.1) is 12.8 Å². The summed E-state index contributed by atoms with van der Waals surface area (Å²) in [5.41, 5.74) is 1.74. The summed E-state index contributed by atoms with van der Waals surface area (Å²) < 4.78 is 0. The van der Waals surface area contributed by atoms with Gasteiger partial charge in [0.15, 0.2) is 0 Å². The molecule has 0 spiro atoms. The highest BCUT2D eigenvalue weighted by atomic mass is 35.5. The third-order valence-electron chi connectivity index (χ3n) is 3.87. The molecule has 0 radical (unpaired) electrons. The van der Waals surface area contributed by atoms with Gasteiger partial charge in [-0.2, -0.15) is 0 Å². The van der Waals surface area contributed by atoms with Gasteiger partial charge in [-0.3, -0.25) is 4.98 Å². The predicted octanol–water partition coefficient (Wildman–Crippen LogP) is 3.69. The van der Waals surface area contributed by atoms with Crippen LogP contribution >= 0.6 is 11.6 Å². The zero-order valence-electron chi connectivity index (χ0n) is 10.8. The molecule has 1 aromatic carbocycles. The maximum atomic E-state index is 11.3. The number of aromatic nitrogens is 1. The Labute approximate surface area is 118 Å². The van der Waals surface area contributed by atoms with Crippen LogP contribution in [0.5, 0.6) is 0 Å². The summed E-state index contributed by atoms with van der Waals surface area (Å²) in [7, 11) is 0. The van der Waals surface area contributed by atoms with E-state index >= 15 is 0 Å². The van der Waals surface area contributed by atoms with Gasteiger partial charge in [-0.1, -0.05) is 29.8 Å². The monoisotopic (exact) mass is 273 g/mol. The lowest BCUT2D eigenvalue weighted by atomic mass is 9.81. The second kappa shape index (κ2) is 4.62. The third kappa shape index (κ3) is 2.15. The molecule has 1 aliphatic rings. The summed E-state index contributed by atoms with van der Waals surface area (Å²) in [6, 6.07) is 11.3. The van der Waals surface area contributed by atoms with Gasteiger partial charge < -0.3 is 5.11 Å². The van der Waals surface area contributed by atoms with Crippen LogP contribution in [0.1, 0.15) is 29.7 Å². The van der Waals surface area contributed by atoms with Crippen LogP contribution in [0.4, 0.5) is 0 Å². The van der Waals surface area contributed by atoms with Gasteiger partial charge in [0.2, 0.25) is 0 Å². The van der Waals surface area contributed by atoms with Crippen LogP contribution < -0.4 is 0 Å². The minimum absolute atomic E-state index is 0.275. The first-order valence-corrected chi connectivity index (χ1v) is 6.90. The molecule has 0 amide bonds. The lowest BCUT2D eigenvalue weighted by Gasteiger charge is -2.30. The number of benzene rings is 1. The molecular formula is C16H16ClNO. The van der Waals surface area contributed by atoms with Crippen molar-refractivity contribution in [3.05, 3.63) is 64.4 Å². The van der Waals surface area contributed by atoms with Gasteiger partial charge in [-0.25, -0.2) is 0 Å². The largest absolute Gasteiger partial charge is 0.380 e. The van der Waals surface area contributed by atoms with Crippen molar-refractivity contribution >= 4 is 11.6 Å². The lowest BCUT2D eigenvalue weighted by molar-refractivity contribution is 0.0554. The minimum Gasteiger partial charge on any atom is -0.380 e. The molecule has 0 aliphatic heterocycles. The fourth-order valence-corrected chi connectivity index (χ4v) is 2.83. The SMILES string of the molecule is Cc1ncccc1C(O)(c1ccc(Cl)cc1)C1CC1. The number of rotatable bonds is 3. The molecule has 0 bridgehead atoms. The molecular weight excluding hydrogens is 258 g/mol. The number of aryl methyl sites for hydroxylation is 1. The van der Waals surface area contributed by atoms with Crippen LogP contribution in [0.15, 0.2) is 42.6 Å². The Kier molecular flexibility index (Phi) is 3.08. The normalized spacial score (nSPS) is 18.1. The van der Waals surface area contributed by atoms with E-state index in [1.165, 1.54) is 0 Å². The molecule has 1 heterocycles. The first-order valence-electron chi connectivity index (χ1n) is 6.53. The van der Waals surface area contributed by atoms with E-state index < -0.39 is 5.60 Å². The second-order valence-electron chi connectivity index (χ2n) is 5.18. The number of pyridine rings is 1. The van der Waals surface area contributed by atoms with Gasteiger partial charge >= 0.3 is 0 Å². The highest BCUT2D eigenvalue weighted by Gasteiger charge is 2.47. The summed E-state index contributed by atoms with van der Waals surface area (Å²) in [6.07, 6.45) is 3.86. The molecule has 0 saturated heterocycles. The summed E-state index contributed by atoms with van der Waals surface area (Å²) in [4.78, 5) is 4.31. The maximum absolute atomic E-state index is 11.3. The average molecular weight is 274 g/mol. The zero-order valence-corrected chi connectivity index (χ0v) is 11.6. The van der Waals surface area contributed by atoms with Crippen molar-refractivity contribution in [3.63, 3.8) is 0 Å². The fourth-order valence-electron chi connectivity index (χ4n) is 2.70. The van der Waals surface area contributed by atoms with Crippen LogP contribution in [0.3, 0.4) is 0 Å². The minimum atomic E-state index is -0.942. The Balaban J connectivity index is 2.14. The molecule has 2 nitrogen and oxygen atoms in total. The van der Waals surface area contributed by atoms with Crippen LogP contribution in [-0.2, 0) is 5.60 Å². The number of aliphatic hydroxyl groups is 1. The molecule has 19 heavy (non-hydrogen) atoms. The van der Waals surface area contributed by atoms with E-state index in [0.29, 0.717) is 5.02 Å². The van der Waals surface area contributed by atoms with Crippen LogP contribution in [-0.4, -0.2) is 10.1 Å². The third-order valence-corrected chi connectivity index (χ3v) is 4.12. The topological polar surface area (TPSA) is 33.1 Å². The first kappa shape index (κ1) is 12.6. The molecule has 98 valence electrons. The quantitative estimate of drug-likeness (QED) is 0.925. The van der Waals surface area contributed by atoms with Crippen molar-refractivity contribution in [2.45, 2.75) is 25.4 Å². The van der Waals surface area contributed by atoms with Crippen molar-refractivity contribution < 1.29 is 5.11 Å². The van der Waals surface area contributed by atoms with E-state index in [4.69, 9.17) is 11.6 Å². The van der Waals surface area contributed by atoms with Gasteiger partial charge in [0.05, 0.1) is 0 Å². The Hall–Kier alpha value is -1.38. The molecule has 1 N–H and O–H groups in total. The standard InChI is InChI=1S/C16H16ClNO/c1-11-15(3-2-10-18-11)16(19,12-4-5-12)13-6-8-14(17)9-7-13/h2-3,6-10,12,19H,4-5H2,1H3. The average Bonchev–Trinajstić information content (AvgIpc) is 3.24. The van der Waals surface area contributed by atoms with Gasteiger partial charge in [-0.05, 0) is 49.4 Å². The predicted molar refractivity (Wildman–Crippen MR) is 76.1 cm³/mol. The molecule has 3 heteroatoms. The van der Waals surface area contributed by atoms with E-state index in [0.717, 1.165) is 29.7 Å². The molecule has 1 aromatic heterocycles. The van der Waals surface area contributed by atoms with Crippen molar-refractivity contribution in [3.8, 4) is 0 Å². The van der Waals surface area contributed by atoms with Crippen LogP contribution in [0.2, 0.25) is 5.02 Å². The molecule has 1 atom stereocenters. The van der Waals surface area contributed by atoms with Gasteiger partial charge in [-0.15, -0.1) is 0 Å². The summed E-state index contributed by atoms with van der Waals surface area (Å²) in [5.74, 6) is 0.275. The Bertz CT molecular complexity index is 592. The highest BCUT2D eigenvalue weighted by molar-refractivity contribution is 6.30. The zero-order chi connectivity index (χ0) is 13.5. The van der Waals surface area contributed by atoms with Crippen molar-refractivity contribution in [2.75, 3.05) is 0 Å². The molecule has 1 aliphatic carbocycles. The Morgan fingerprint density at radius 2 is 1.89 bits per heavy atom. The second-order valence-corrected chi connectivity index (χ2v) is 5.62. The van der Waals surface area contributed by atoms with E-state index in [9.17, 15) is 5.11 Å². The van der Waals surface area contributed by atoms with Gasteiger partial charge in [0.25, 0.3) is 0 Å². The van der Waals surface area contributed by atoms with Crippen molar-refractivity contribution in [1.29, 1.82) is 0 Å². The Morgan fingerprint density at radius 3 is 2.47 bits per heavy atom.